The minimum absolute atomic E-state index is 0. The molecule has 0 bridgehead atoms. The zero-order valence-electron chi connectivity index (χ0n) is 11.7. The molecule has 1 aliphatic rings. The molecule has 0 radical (unpaired) electrons. The van der Waals surface area contributed by atoms with Crippen molar-refractivity contribution in [3.05, 3.63) is 42.0 Å². The normalized spacial score (nSPS) is 18.1. The van der Waals surface area contributed by atoms with Crippen molar-refractivity contribution in [3.63, 3.8) is 0 Å². The van der Waals surface area contributed by atoms with E-state index in [4.69, 9.17) is 9.52 Å². The van der Waals surface area contributed by atoms with Crippen LogP contribution in [-0.2, 0) is 11.3 Å². The number of rotatable bonds is 4. The van der Waals surface area contributed by atoms with Crippen molar-refractivity contribution >= 4 is 18.4 Å². The molecule has 2 aromatic rings. The van der Waals surface area contributed by atoms with E-state index in [2.05, 4.69) is 4.98 Å². The molecule has 1 atom stereocenters. The van der Waals surface area contributed by atoms with Gasteiger partial charge in [-0.1, -0.05) is 0 Å². The Kier molecular flexibility index (Phi) is 5.15. The van der Waals surface area contributed by atoms with Crippen LogP contribution < -0.4 is 0 Å². The fourth-order valence-corrected chi connectivity index (χ4v) is 2.61. The second-order valence-electron chi connectivity index (χ2n) is 5.12. The Morgan fingerprint density at radius 3 is 2.82 bits per heavy atom. The van der Waals surface area contributed by atoms with Crippen molar-refractivity contribution in [3.8, 4) is 11.5 Å². The molecule has 22 heavy (non-hydrogen) atoms. The third kappa shape index (κ3) is 3.45. The minimum Gasteiger partial charge on any atom is -0.480 e. The lowest BCUT2D eigenvalue weighted by atomic mass is 10.2. The SMILES string of the molecule is Cl.O=C(O)[C@H]1CCCN1Cc1coc(-c2ccc(F)cc2)n1. The van der Waals surface area contributed by atoms with Gasteiger partial charge >= 0.3 is 5.97 Å². The highest BCUT2D eigenvalue weighted by atomic mass is 35.5. The summed E-state index contributed by atoms with van der Waals surface area (Å²) in [7, 11) is 0. The maximum Gasteiger partial charge on any atom is 0.320 e. The average Bonchev–Trinajstić information content (AvgIpc) is 3.09. The first kappa shape index (κ1) is 16.5. The Labute approximate surface area is 133 Å². The number of carboxylic acids is 1. The van der Waals surface area contributed by atoms with Crippen molar-refractivity contribution in [1.82, 2.24) is 9.88 Å². The predicted octanol–water partition coefficient (Wildman–Crippen LogP) is 2.95. The molecule has 118 valence electrons. The van der Waals surface area contributed by atoms with E-state index in [9.17, 15) is 9.18 Å². The van der Waals surface area contributed by atoms with Crippen molar-refractivity contribution in [1.29, 1.82) is 0 Å². The van der Waals surface area contributed by atoms with E-state index in [0.29, 0.717) is 30.1 Å². The van der Waals surface area contributed by atoms with Crippen molar-refractivity contribution in [2.75, 3.05) is 6.54 Å². The van der Waals surface area contributed by atoms with Gasteiger partial charge in [0.15, 0.2) is 0 Å². The van der Waals surface area contributed by atoms with Gasteiger partial charge in [0.05, 0.1) is 5.69 Å². The highest BCUT2D eigenvalue weighted by Gasteiger charge is 2.30. The summed E-state index contributed by atoms with van der Waals surface area (Å²) < 4.78 is 18.3. The maximum atomic E-state index is 12.9. The molecule has 1 N–H and O–H groups in total. The summed E-state index contributed by atoms with van der Waals surface area (Å²) in [6.45, 7) is 1.19. The number of carbonyl (C=O) groups is 1. The van der Waals surface area contributed by atoms with Gasteiger partial charge in [0.25, 0.3) is 0 Å². The Morgan fingerprint density at radius 1 is 1.41 bits per heavy atom. The molecule has 3 rings (SSSR count). The quantitative estimate of drug-likeness (QED) is 0.935. The molecule has 1 saturated heterocycles. The van der Waals surface area contributed by atoms with Crippen LogP contribution in [0.1, 0.15) is 18.5 Å². The number of aromatic nitrogens is 1. The van der Waals surface area contributed by atoms with E-state index in [-0.39, 0.29) is 18.2 Å². The number of carboxylic acid groups (broad SMARTS) is 1. The third-order valence-corrected chi connectivity index (χ3v) is 3.66. The number of nitrogens with zero attached hydrogens (tertiary/aromatic N) is 2. The maximum absolute atomic E-state index is 12.9. The molecule has 5 nitrogen and oxygen atoms in total. The predicted molar refractivity (Wildman–Crippen MR) is 80.2 cm³/mol. The van der Waals surface area contributed by atoms with Gasteiger partial charge < -0.3 is 9.52 Å². The zero-order chi connectivity index (χ0) is 14.8. The Morgan fingerprint density at radius 2 is 2.14 bits per heavy atom. The number of benzene rings is 1. The second kappa shape index (κ2) is 6.89. The molecule has 1 fully saturated rings. The van der Waals surface area contributed by atoms with Crippen LogP contribution >= 0.6 is 12.4 Å². The number of oxazole rings is 1. The highest BCUT2D eigenvalue weighted by Crippen LogP contribution is 2.23. The molecule has 1 aliphatic heterocycles. The van der Waals surface area contributed by atoms with E-state index in [1.54, 1.807) is 12.1 Å². The van der Waals surface area contributed by atoms with E-state index in [1.165, 1.54) is 18.4 Å². The van der Waals surface area contributed by atoms with Crippen LogP contribution in [0, 0.1) is 5.82 Å². The molecule has 0 saturated carbocycles. The summed E-state index contributed by atoms with van der Waals surface area (Å²) in [5.74, 6) is -0.697. The fraction of sp³-hybridized carbons (Fsp3) is 0.333. The van der Waals surface area contributed by atoms with Gasteiger partial charge in [-0.05, 0) is 43.7 Å². The van der Waals surface area contributed by atoms with Gasteiger partial charge in [0, 0.05) is 12.1 Å². The molecular weight excluding hydrogens is 311 g/mol. The van der Waals surface area contributed by atoms with Crippen molar-refractivity contribution in [2.24, 2.45) is 0 Å². The minimum atomic E-state index is -0.797. The molecular formula is C15H16ClFN2O3. The highest BCUT2D eigenvalue weighted by molar-refractivity contribution is 5.85. The smallest absolute Gasteiger partial charge is 0.320 e. The first-order valence-corrected chi connectivity index (χ1v) is 6.80. The Hall–Kier alpha value is -1.92. The molecule has 2 heterocycles. The van der Waals surface area contributed by atoms with Gasteiger partial charge in [0.1, 0.15) is 18.1 Å². The van der Waals surface area contributed by atoms with E-state index >= 15 is 0 Å². The molecule has 1 aromatic heterocycles. The van der Waals surface area contributed by atoms with Crippen LogP contribution in [0.3, 0.4) is 0 Å². The number of hydrogen-bond donors (Lipinski definition) is 1. The van der Waals surface area contributed by atoms with E-state index < -0.39 is 12.0 Å². The van der Waals surface area contributed by atoms with Crippen LogP contribution in [0.2, 0.25) is 0 Å². The number of hydrogen-bond acceptors (Lipinski definition) is 4. The van der Waals surface area contributed by atoms with Crippen LogP contribution in [0.4, 0.5) is 4.39 Å². The van der Waals surface area contributed by atoms with Crippen LogP contribution in [0.5, 0.6) is 0 Å². The largest absolute Gasteiger partial charge is 0.480 e. The molecule has 0 spiro atoms. The lowest BCUT2D eigenvalue weighted by Gasteiger charge is -2.19. The fourth-order valence-electron chi connectivity index (χ4n) is 2.61. The first-order chi connectivity index (χ1) is 10.1. The van der Waals surface area contributed by atoms with E-state index in [0.717, 1.165) is 13.0 Å². The summed E-state index contributed by atoms with van der Waals surface area (Å²) in [5, 5.41) is 9.15. The summed E-state index contributed by atoms with van der Waals surface area (Å²) in [6, 6.07) is 5.44. The number of likely N-dealkylation sites (tertiary alicyclic amines) is 1. The third-order valence-electron chi connectivity index (χ3n) is 3.66. The second-order valence-corrected chi connectivity index (χ2v) is 5.12. The summed E-state index contributed by atoms with van der Waals surface area (Å²) in [5.41, 5.74) is 1.38. The van der Waals surface area contributed by atoms with Crippen LogP contribution in [-0.4, -0.2) is 33.5 Å². The Bertz CT molecular complexity index is 644. The Balaban J connectivity index is 0.00000176. The monoisotopic (exact) mass is 326 g/mol. The molecule has 7 heteroatoms. The van der Waals surface area contributed by atoms with E-state index in [1.807, 2.05) is 4.90 Å². The lowest BCUT2D eigenvalue weighted by molar-refractivity contribution is -0.142. The topological polar surface area (TPSA) is 66.6 Å². The average molecular weight is 327 g/mol. The van der Waals surface area contributed by atoms with Crippen LogP contribution in [0.15, 0.2) is 34.9 Å². The van der Waals surface area contributed by atoms with Crippen molar-refractivity contribution < 1.29 is 18.7 Å². The van der Waals surface area contributed by atoms with Gasteiger partial charge in [-0.25, -0.2) is 9.37 Å². The van der Waals surface area contributed by atoms with Gasteiger partial charge in [-0.2, -0.15) is 0 Å². The number of aliphatic carboxylic acids is 1. The first-order valence-electron chi connectivity index (χ1n) is 6.80. The van der Waals surface area contributed by atoms with Gasteiger partial charge in [-0.15, -0.1) is 12.4 Å². The summed E-state index contributed by atoms with van der Waals surface area (Å²) in [4.78, 5) is 17.4. The molecule has 0 amide bonds. The molecule has 0 aliphatic carbocycles. The molecule has 1 aromatic carbocycles. The molecule has 0 unspecified atom stereocenters. The zero-order valence-corrected chi connectivity index (χ0v) is 12.6. The summed E-state index contributed by atoms with van der Waals surface area (Å²) in [6.07, 6.45) is 3.06. The number of halogens is 2. The lowest BCUT2D eigenvalue weighted by Crippen LogP contribution is -2.35. The van der Waals surface area contributed by atoms with Crippen LogP contribution in [0.25, 0.3) is 11.5 Å². The van der Waals surface area contributed by atoms with Gasteiger partial charge in [0.2, 0.25) is 5.89 Å². The summed E-state index contributed by atoms with van der Waals surface area (Å²) >= 11 is 0. The standard InChI is InChI=1S/C15H15FN2O3.ClH/c16-11-5-3-10(4-6-11)14-17-12(9-21-14)8-18-7-1-2-13(18)15(19)20;/h3-6,9,13H,1-2,7-8H2,(H,19,20);1H/t13-;/m1./s1. The van der Waals surface area contributed by atoms with Gasteiger partial charge in [-0.3, -0.25) is 9.69 Å². The van der Waals surface area contributed by atoms with Crippen molar-refractivity contribution in [2.45, 2.75) is 25.4 Å².